The van der Waals surface area contributed by atoms with E-state index < -0.39 is 15.8 Å². The number of unbranched alkanes of at least 4 members (excludes halogenated alkanes) is 1. The lowest BCUT2D eigenvalue weighted by molar-refractivity contribution is 0.598. The number of sulfonamides is 1. The Bertz CT molecular complexity index is 479. The summed E-state index contributed by atoms with van der Waals surface area (Å²) in [5, 5.41) is -0.0462. The van der Waals surface area contributed by atoms with Crippen LogP contribution in [0.1, 0.15) is 12.8 Å². The van der Waals surface area contributed by atoms with Crippen molar-refractivity contribution >= 4 is 38.9 Å². The van der Waals surface area contributed by atoms with E-state index in [1.54, 1.807) is 0 Å². The smallest absolute Gasteiger partial charge is 0.232 e. The number of nitrogens with one attached hydrogen (secondary N) is 1. The van der Waals surface area contributed by atoms with Crippen LogP contribution in [0.5, 0.6) is 0 Å². The monoisotopic (exact) mass is 299 g/mol. The third-order valence-electron chi connectivity index (χ3n) is 1.99. The van der Waals surface area contributed by atoms with Crippen LogP contribution in [0, 0.1) is 5.82 Å². The van der Waals surface area contributed by atoms with Gasteiger partial charge in [0.15, 0.2) is 0 Å². The summed E-state index contributed by atoms with van der Waals surface area (Å²) in [6, 6.07) is 3.75. The fourth-order valence-electron chi connectivity index (χ4n) is 1.18. The summed E-state index contributed by atoms with van der Waals surface area (Å²) in [6.07, 6.45) is 1.09. The van der Waals surface area contributed by atoms with Gasteiger partial charge in [0, 0.05) is 5.88 Å². The van der Waals surface area contributed by atoms with Crippen LogP contribution < -0.4 is 4.72 Å². The lowest BCUT2D eigenvalue weighted by atomic mass is 10.3. The fourth-order valence-corrected chi connectivity index (χ4v) is 2.66. The molecule has 1 rings (SSSR count). The minimum Gasteiger partial charge on any atom is -0.283 e. The highest BCUT2D eigenvalue weighted by Gasteiger charge is 2.11. The van der Waals surface area contributed by atoms with Gasteiger partial charge in [-0.2, -0.15) is 0 Å². The van der Waals surface area contributed by atoms with Crippen LogP contribution in [0.2, 0.25) is 5.02 Å². The van der Waals surface area contributed by atoms with Crippen LogP contribution in [0.15, 0.2) is 18.2 Å². The Morgan fingerprint density at radius 3 is 2.59 bits per heavy atom. The Hall–Kier alpha value is -0.520. The van der Waals surface area contributed by atoms with Crippen LogP contribution in [0.3, 0.4) is 0 Å². The first-order valence-corrected chi connectivity index (χ1v) is 7.52. The molecule has 0 bridgehead atoms. The highest BCUT2D eigenvalue weighted by atomic mass is 35.5. The number of alkyl halides is 1. The maximum absolute atomic E-state index is 13.1. The van der Waals surface area contributed by atoms with Gasteiger partial charge in [0.2, 0.25) is 10.0 Å². The highest BCUT2D eigenvalue weighted by Crippen LogP contribution is 2.19. The molecule has 3 nitrogen and oxygen atoms in total. The number of hydrogen-bond acceptors (Lipinski definition) is 2. The van der Waals surface area contributed by atoms with Gasteiger partial charge in [-0.25, -0.2) is 12.8 Å². The number of halogens is 3. The maximum Gasteiger partial charge on any atom is 0.232 e. The molecular weight excluding hydrogens is 288 g/mol. The topological polar surface area (TPSA) is 46.2 Å². The molecule has 0 unspecified atom stereocenters. The summed E-state index contributed by atoms with van der Waals surface area (Å²) >= 11 is 10.9. The van der Waals surface area contributed by atoms with Gasteiger partial charge < -0.3 is 0 Å². The average molecular weight is 300 g/mol. The standard InChI is InChI=1S/C10H12Cl2FNO2S/c11-5-1-2-6-17(15,16)14-8-3-4-9(12)10(13)7-8/h3-4,7,14H,1-2,5-6H2. The molecule has 0 heterocycles. The van der Waals surface area contributed by atoms with E-state index in [-0.39, 0.29) is 16.5 Å². The van der Waals surface area contributed by atoms with Gasteiger partial charge in [0.05, 0.1) is 16.5 Å². The molecule has 0 radical (unpaired) electrons. The fraction of sp³-hybridized carbons (Fsp3) is 0.400. The van der Waals surface area contributed by atoms with Gasteiger partial charge >= 0.3 is 0 Å². The molecule has 0 aliphatic carbocycles. The Kier molecular flexibility index (Phi) is 5.49. The molecule has 0 spiro atoms. The Morgan fingerprint density at radius 1 is 1.29 bits per heavy atom. The van der Waals surface area contributed by atoms with Crippen LogP contribution in [0.4, 0.5) is 10.1 Å². The Morgan fingerprint density at radius 2 is 2.00 bits per heavy atom. The zero-order valence-corrected chi connectivity index (χ0v) is 11.2. The second-order valence-electron chi connectivity index (χ2n) is 3.45. The van der Waals surface area contributed by atoms with E-state index in [0.717, 1.165) is 6.07 Å². The summed E-state index contributed by atoms with van der Waals surface area (Å²) in [6.45, 7) is 0. The molecule has 0 aliphatic heterocycles. The van der Waals surface area contributed by atoms with Crippen molar-refractivity contribution in [1.29, 1.82) is 0 Å². The quantitative estimate of drug-likeness (QED) is 0.647. The lowest BCUT2D eigenvalue weighted by Gasteiger charge is -2.07. The van der Waals surface area contributed by atoms with E-state index in [0.29, 0.717) is 18.7 Å². The van der Waals surface area contributed by atoms with Crippen molar-refractivity contribution in [3.8, 4) is 0 Å². The van der Waals surface area contributed by atoms with E-state index in [1.807, 2.05) is 0 Å². The molecule has 7 heteroatoms. The van der Waals surface area contributed by atoms with E-state index in [1.165, 1.54) is 12.1 Å². The number of rotatable bonds is 6. The molecule has 1 aromatic rings. The van der Waals surface area contributed by atoms with Crippen molar-refractivity contribution in [2.75, 3.05) is 16.4 Å². The summed E-state index contributed by atoms with van der Waals surface area (Å²) in [7, 11) is -3.45. The van der Waals surface area contributed by atoms with E-state index >= 15 is 0 Å². The molecule has 0 fully saturated rings. The molecule has 0 aliphatic rings. The van der Waals surface area contributed by atoms with Crippen molar-refractivity contribution < 1.29 is 12.8 Å². The first-order chi connectivity index (χ1) is 7.94. The van der Waals surface area contributed by atoms with Crippen molar-refractivity contribution in [1.82, 2.24) is 0 Å². The molecule has 1 aromatic carbocycles. The van der Waals surface area contributed by atoms with Crippen LogP contribution in [0.25, 0.3) is 0 Å². The van der Waals surface area contributed by atoms with Crippen LogP contribution >= 0.6 is 23.2 Å². The van der Waals surface area contributed by atoms with Gasteiger partial charge in [0.25, 0.3) is 0 Å². The molecule has 0 aromatic heterocycles. The second-order valence-corrected chi connectivity index (χ2v) is 6.07. The largest absolute Gasteiger partial charge is 0.283 e. The first kappa shape index (κ1) is 14.5. The number of benzene rings is 1. The van der Waals surface area contributed by atoms with E-state index in [2.05, 4.69) is 4.72 Å². The Labute approximate surface area is 110 Å². The summed E-state index contributed by atoms with van der Waals surface area (Å²) in [4.78, 5) is 0. The maximum atomic E-state index is 13.1. The third kappa shape index (κ3) is 5.10. The number of anilines is 1. The van der Waals surface area contributed by atoms with Gasteiger partial charge in [-0.3, -0.25) is 4.72 Å². The summed E-state index contributed by atoms with van der Waals surface area (Å²) < 4.78 is 38.5. The van der Waals surface area contributed by atoms with Crippen molar-refractivity contribution in [3.05, 3.63) is 29.0 Å². The molecule has 0 saturated carbocycles. The van der Waals surface area contributed by atoms with Gasteiger partial charge in [-0.1, -0.05) is 11.6 Å². The highest BCUT2D eigenvalue weighted by molar-refractivity contribution is 7.92. The minimum absolute atomic E-state index is 0.0377. The normalized spacial score (nSPS) is 11.5. The first-order valence-electron chi connectivity index (χ1n) is 4.96. The van der Waals surface area contributed by atoms with Crippen molar-refractivity contribution in [2.24, 2.45) is 0 Å². The molecule has 0 saturated heterocycles. The van der Waals surface area contributed by atoms with Gasteiger partial charge in [-0.05, 0) is 31.0 Å². The van der Waals surface area contributed by atoms with Crippen LogP contribution in [-0.4, -0.2) is 20.1 Å². The van der Waals surface area contributed by atoms with E-state index in [9.17, 15) is 12.8 Å². The summed E-state index contributed by atoms with van der Waals surface area (Å²) in [5.74, 6) is -0.276. The van der Waals surface area contributed by atoms with Gasteiger partial charge in [-0.15, -0.1) is 11.6 Å². The molecule has 1 N–H and O–H groups in total. The zero-order valence-electron chi connectivity index (χ0n) is 8.92. The number of hydrogen-bond donors (Lipinski definition) is 1. The Balaban J connectivity index is 2.66. The van der Waals surface area contributed by atoms with Crippen molar-refractivity contribution in [3.63, 3.8) is 0 Å². The third-order valence-corrected chi connectivity index (χ3v) is 3.94. The van der Waals surface area contributed by atoms with Crippen LogP contribution in [-0.2, 0) is 10.0 Å². The molecule has 96 valence electrons. The summed E-state index contributed by atoms with van der Waals surface area (Å²) in [5.41, 5.74) is 0.165. The minimum atomic E-state index is -3.45. The lowest BCUT2D eigenvalue weighted by Crippen LogP contribution is -2.16. The predicted octanol–water partition coefficient (Wildman–Crippen LogP) is 3.24. The SMILES string of the molecule is O=S(=O)(CCCCCl)Nc1ccc(Cl)c(F)c1. The molecule has 0 atom stereocenters. The second kappa shape index (κ2) is 6.42. The zero-order chi connectivity index (χ0) is 12.9. The molecule has 17 heavy (non-hydrogen) atoms. The predicted molar refractivity (Wildman–Crippen MR) is 68.8 cm³/mol. The van der Waals surface area contributed by atoms with Crippen molar-refractivity contribution in [2.45, 2.75) is 12.8 Å². The average Bonchev–Trinajstić information content (AvgIpc) is 2.23. The van der Waals surface area contributed by atoms with Gasteiger partial charge in [0.1, 0.15) is 5.82 Å². The molecule has 0 amide bonds. The van der Waals surface area contributed by atoms with E-state index in [4.69, 9.17) is 23.2 Å². The molecular formula is C10H12Cl2FNO2S.